The van der Waals surface area contributed by atoms with Crippen molar-refractivity contribution in [2.75, 3.05) is 7.11 Å². The van der Waals surface area contributed by atoms with Crippen molar-refractivity contribution in [2.45, 2.75) is 58.2 Å². The number of hydrogen-bond donors (Lipinski definition) is 1. The van der Waals surface area contributed by atoms with Gasteiger partial charge in [-0.2, -0.15) is 0 Å². The van der Waals surface area contributed by atoms with E-state index in [0.717, 1.165) is 0 Å². The van der Waals surface area contributed by atoms with Gasteiger partial charge in [-0.25, -0.2) is 0 Å². The number of hydrogen-bond acceptors (Lipinski definition) is 2. The summed E-state index contributed by atoms with van der Waals surface area (Å²) in [5, 5.41) is 10.0. The topological polar surface area (TPSA) is 29.5 Å². The predicted octanol–water partition coefficient (Wildman–Crippen LogP) is 2.60. The highest BCUT2D eigenvalue weighted by Crippen LogP contribution is 2.30. The highest BCUT2D eigenvalue weighted by Gasteiger charge is 2.30. The molecule has 84 valence electrons. The quantitative estimate of drug-likeness (QED) is 0.756. The summed E-state index contributed by atoms with van der Waals surface area (Å²) in [5.41, 5.74) is 0. The number of methoxy groups -OCH3 is 1. The average Bonchev–Trinajstić information content (AvgIpc) is 2.20. The molecule has 0 unspecified atom stereocenters. The van der Waals surface area contributed by atoms with Crippen molar-refractivity contribution in [1.29, 1.82) is 0 Å². The van der Waals surface area contributed by atoms with E-state index in [0.29, 0.717) is 11.8 Å². The standard InChI is InChI=1S/C12H24O2/c1-9(2)11(13)12(14-3)10-7-5-4-6-8-10/h9-13H,4-8H2,1-3H3/t11-,12-/m1/s1. The van der Waals surface area contributed by atoms with E-state index in [2.05, 4.69) is 13.8 Å². The molecular formula is C12H24O2. The minimum atomic E-state index is -0.303. The van der Waals surface area contributed by atoms with E-state index in [1.165, 1.54) is 32.1 Å². The smallest absolute Gasteiger partial charge is 0.0860 e. The number of rotatable bonds is 4. The Morgan fingerprint density at radius 1 is 1.14 bits per heavy atom. The van der Waals surface area contributed by atoms with E-state index in [9.17, 15) is 5.11 Å². The predicted molar refractivity (Wildman–Crippen MR) is 58.2 cm³/mol. The molecular weight excluding hydrogens is 176 g/mol. The first-order chi connectivity index (χ1) is 6.66. The molecule has 1 aliphatic rings. The van der Waals surface area contributed by atoms with Gasteiger partial charge < -0.3 is 9.84 Å². The third-order valence-corrected chi connectivity index (χ3v) is 3.41. The second-order valence-corrected chi connectivity index (χ2v) is 4.83. The summed E-state index contributed by atoms with van der Waals surface area (Å²) in [6, 6.07) is 0. The molecule has 0 amide bonds. The first kappa shape index (κ1) is 12.0. The van der Waals surface area contributed by atoms with Crippen LogP contribution in [0.4, 0.5) is 0 Å². The Bertz CT molecular complexity index is 150. The minimum Gasteiger partial charge on any atom is -0.390 e. The van der Waals surface area contributed by atoms with Crippen molar-refractivity contribution in [2.24, 2.45) is 11.8 Å². The minimum absolute atomic E-state index is 0.0512. The van der Waals surface area contributed by atoms with Crippen LogP contribution in [0.5, 0.6) is 0 Å². The summed E-state index contributed by atoms with van der Waals surface area (Å²) in [4.78, 5) is 0. The molecule has 0 heterocycles. The lowest BCUT2D eigenvalue weighted by molar-refractivity contribution is -0.0719. The van der Waals surface area contributed by atoms with Crippen molar-refractivity contribution in [3.63, 3.8) is 0 Å². The zero-order chi connectivity index (χ0) is 10.6. The largest absolute Gasteiger partial charge is 0.390 e. The molecule has 0 bridgehead atoms. The summed E-state index contributed by atoms with van der Waals surface area (Å²) in [6.45, 7) is 4.11. The highest BCUT2D eigenvalue weighted by atomic mass is 16.5. The summed E-state index contributed by atoms with van der Waals surface area (Å²) < 4.78 is 5.46. The Hall–Kier alpha value is -0.0800. The van der Waals surface area contributed by atoms with E-state index in [4.69, 9.17) is 4.74 Å². The second-order valence-electron chi connectivity index (χ2n) is 4.83. The monoisotopic (exact) mass is 200 g/mol. The van der Waals surface area contributed by atoms with Gasteiger partial charge in [-0.15, -0.1) is 0 Å². The van der Waals surface area contributed by atoms with Gasteiger partial charge in [0.1, 0.15) is 0 Å². The van der Waals surface area contributed by atoms with Gasteiger partial charge in [-0.05, 0) is 24.7 Å². The number of aliphatic hydroxyl groups excluding tert-OH is 1. The molecule has 2 heteroatoms. The van der Waals surface area contributed by atoms with Crippen molar-refractivity contribution in [3.05, 3.63) is 0 Å². The molecule has 2 atom stereocenters. The van der Waals surface area contributed by atoms with Gasteiger partial charge in [0, 0.05) is 7.11 Å². The third-order valence-electron chi connectivity index (χ3n) is 3.41. The summed E-state index contributed by atoms with van der Waals surface area (Å²) in [6.07, 6.45) is 6.15. The number of ether oxygens (including phenoxy) is 1. The summed E-state index contributed by atoms with van der Waals surface area (Å²) in [5.74, 6) is 0.869. The normalized spacial score (nSPS) is 23.8. The molecule has 0 aromatic rings. The Balaban J connectivity index is 2.50. The van der Waals surface area contributed by atoms with E-state index < -0.39 is 0 Å². The van der Waals surface area contributed by atoms with Crippen LogP contribution in [0.25, 0.3) is 0 Å². The van der Waals surface area contributed by atoms with Crippen molar-refractivity contribution >= 4 is 0 Å². The highest BCUT2D eigenvalue weighted by molar-refractivity contribution is 4.81. The van der Waals surface area contributed by atoms with Crippen LogP contribution in [0.1, 0.15) is 46.0 Å². The molecule has 0 aliphatic heterocycles. The zero-order valence-electron chi connectivity index (χ0n) is 9.70. The fraction of sp³-hybridized carbons (Fsp3) is 1.00. The zero-order valence-corrected chi connectivity index (χ0v) is 9.70. The SMILES string of the molecule is CO[C@H](C1CCCCC1)[C@H](O)C(C)C. The van der Waals surface area contributed by atoms with Crippen LogP contribution in [-0.4, -0.2) is 24.4 Å². The van der Waals surface area contributed by atoms with Gasteiger partial charge >= 0.3 is 0 Å². The maximum Gasteiger partial charge on any atom is 0.0860 e. The molecule has 1 rings (SSSR count). The van der Waals surface area contributed by atoms with Crippen molar-refractivity contribution in [3.8, 4) is 0 Å². The molecule has 0 aromatic carbocycles. The molecule has 1 fully saturated rings. The summed E-state index contributed by atoms with van der Waals surface area (Å²) in [7, 11) is 1.73. The Kier molecular flexibility index (Phi) is 4.90. The molecule has 0 aromatic heterocycles. The lowest BCUT2D eigenvalue weighted by Crippen LogP contribution is -2.39. The fourth-order valence-corrected chi connectivity index (χ4v) is 2.45. The molecule has 1 N–H and O–H groups in total. The number of aliphatic hydroxyl groups is 1. The average molecular weight is 200 g/mol. The van der Waals surface area contributed by atoms with Gasteiger partial charge in [-0.3, -0.25) is 0 Å². The molecule has 14 heavy (non-hydrogen) atoms. The van der Waals surface area contributed by atoms with Gasteiger partial charge in [0.2, 0.25) is 0 Å². The van der Waals surface area contributed by atoms with Crippen LogP contribution in [0.15, 0.2) is 0 Å². The third kappa shape index (κ3) is 2.96. The van der Waals surface area contributed by atoms with Gasteiger partial charge in [0.25, 0.3) is 0 Å². The van der Waals surface area contributed by atoms with Crippen LogP contribution >= 0.6 is 0 Å². The van der Waals surface area contributed by atoms with E-state index >= 15 is 0 Å². The first-order valence-electron chi connectivity index (χ1n) is 5.87. The summed E-state index contributed by atoms with van der Waals surface area (Å²) >= 11 is 0. The lowest BCUT2D eigenvalue weighted by Gasteiger charge is -2.34. The molecule has 0 saturated heterocycles. The Labute approximate surface area is 87.7 Å². The Morgan fingerprint density at radius 2 is 1.71 bits per heavy atom. The van der Waals surface area contributed by atoms with Crippen LogP contribution in [-0.2, 0) is 4.74 Å². The fourth-order valence-electron chi connectivity index (χ4n) is 2.45. The van der Waals surface area contributed by atoms with Gasteiger partial charge in [0.05, 0.1) is 12.2 Å². The van der Waals surface area contributed by atoms with Gasteiger partial charge in [-0.1, -0.05) is 33.1 Å². The van der Waals surface area contributed by atoms with Crippen LogP contribution < -0.4 is 0 Å². The van der Waals surface area contributed by atoms with Crippen LogP contribution in [0.3, 0.4) is 0 Å². The molecule has 1 aliphatic carbocycles. The maximum absolute atomic E-state index is 10.0. The van der Waals surface area contributed by atoms with E-state index in [-0.39, 0.29) is 12.2 Å². The van der Waals surface area contributed by atoms with E-state index in [1.54, 1.807) is 7.11 Å². The Morgan fingerprint density at radius 3 is 2.14 bits per heavy atom. The van der Waals surface area contributed by atoms with Crippen LogP contribution in [0.2, 0.25) is 0 Å². The van der Waals surface area contributed by atoms with Crippen molar-refractivity contribution < 1.29 is 9.84 Å². The molecule has 0 spiro atoms. The molecule has 0 radical (unpaired) electrons. The first-order valence-corrected chi connectivity index (χ1v) is 5.87. The molecule has 2 nitrogen and oxygen atoms in total. The lowest BCUT2D eigenvalue weighted by atomic mass is 9.81. The maximum atomic E-state index is 10.0. The van der Waals surface area contributed by atoms with Crippen LogP contribution in [0, 0.1) is 11.8 Å². The van der Waals surface area contributed by atoms with E-state index in [1.807, 2.05) is 0 Å². The van der Waals surface area contributed by atoms with Gasteiger partial charge in [0.15, 0.2) is 0 Å². The van der Waals surface area contributed by atoms with Crippen molar-refractivity contribution in [1.82, 2.24) is 0 Å². The molecule has 1 saturated carbocycles. The second kappa shape index (κ2) is 5.72.